The van der Waals surface area contributed by atoms with E-state index < -0.39 is 265 Å². The number of ether oxygens (including phenoxy) is 4. The van der Waals surface area contributed by atoms with Gasteiger partial charge in [0.25, 0.3) is 0 Å². The van der Waals surface area contributed by atoms with Crippen molar-refractivity contribution in [2.24, 2.45) is 9.98 Å². The summed E-state index contributed by atoms with van der Waals surface area (Å²) in [4.78, 5) is 11.1. The van der Waals surface area contributed by atoms with Gasteiger partial charge in [0.15, 0.2) is 69.5 Å². The summed E-state index contributed by atoms with van der Waals surface area (Å²) in [5.74, 6) is -41.4. The molecule has 1 aliphatic carbocycles. The van der Waals surface area contributed by atoms with E-state index in [0.29, 0.717) is 0 Å². The van der Waals surface area contributed by atoms with E-state index in [0.717, 1.165) is 48.6 Å². The zero-order chi connectivity index (χ0) is 63.4. The molecule has 0 radical (unpaired) electrons. The second-order valence-corrected chi connectivity index (χ2v) is 19.7. The van der Waals surface area contributed by atoms with Gasteiger partial charge in [-0.15, -0.1) is 0 Å². The Balaban J connectivity index is 1.40. The van der Waals surface area contributed by atoms with Crippen molar-refractivity contribution in [3.05, 3.63) is 198 Å². The van der Waals surface area contributed by atoms with Crippen LogP contribution in [-0.2, 0) is 0 Å². The summed E-state index contributed by atoms with van der Waals surface area (Å²) in [5.41, 5.74) is -16.6. The molecule has 0 amide bonds. The minimum absolute atomic E-state index is 0.0129. The van der Waals surface area contributed by atoms with Crippen LogP contribution < -0.4 is 18.9 Å². The lowest BCUT2D eigenvalue weighted by Gasteiger charge is -2.18. The SMILES string of the molecule is OCCCCOc1c(F)c(F)c(C2=C3C=CC(=C(c4c(F)c(F)c(OCCCCO)c(F)c4F)C4=NC(=C(c5c(F)c(F)c(OCCCCO)c(F)c5F)c5ccc([nH]5)C(c5c(F)c(F)c(OCCCCO)c(F)c5F)=C5C=CC2=N5)C=C4)C3)c(F)c1F. The zero-order valence-electron chi connectivity index (χ0n) is 45.5. The Morgan fingerprint density at radius 1 is 0.318 bits per heavy atom. The van der Waals surface area contributed by atoms with Gasteiger partial charge in [-0.3, -0.25) is 0 Å². The molecule has 1 aromatic heterocycles. The third-order valence-electron chi connectivity index (χ3n) is 14.1. The van der Waals surface area contributed by atoms with E-state index in [2.05, 4.69) is 15.0 Å². The van der Waals surface area contributed by atoms with Crippen molar-refractivity contribution >= 4 is 33.7 Å². The standard InChI is InChI=1S/C61H47F16N3O8/c62-42-38(43(63)51(71)58(50(42)70)85-21-5-1-17-81)34-26-9-10-27(25-26)35(39-44(64)52(72)59(53(73)45(39)65)86-22-6-2-18-82)29-12-14-31(79-29)37(41-48(68)56(76)61(57(77)49(41)69)88-24-8-4-20-84)33-16-15-32(80-33)36(30-13-11-28(34)78-30)40-46(66)54(74)60(55(75)47(40)67)87-23-7-3-19-83/h9-16,80-84H,1-8,17-25H2. The predicted octanol–water partition coefficient (Wildman–Crippen LogP) is 13.3. The molecule has 4 aliphatic rings. The first kappa shape index (κ1) is 64.1. The Morgan fingerprint density at radius 3 is 0.818 bits per heavy atom. The van der Waals surface area contributed by atoms with E-state index in [1.807, 2.05) is 0 Å². The maximum absolute atomic E-state index is 16.9. The molecule has 3 aliphatic heterocycles. The Bertz CT molecular complexity index is 3570. The smallest absolute Gasteiger partial charge is 0.204 e. The number of H-pyrrole nitrogens is 1. The van der Waals surface area contributed by atoms with Gasteiger partial charge in [0.2, 0.25) is 46.5 Å². The molecule has 0 atom stereocenters. The number of rotatable bonds is 24. The number of allylic oxidation sites excluding steroid dienone is 10. The predicted molar refractivity (Wildman–Crippen MR) is 286 cm³/mol. The number of nitrogens with zero attached hydrogens (tertiary/aromatic N) is 2. The molecule has 4 heterocycles. The van der Waals surface area contributed by atoms with Crippen LogP contribution in [0.25, 0.3) is 22.3 Å². The molecule has 11 nitrogen and oxygen atoms in total. The first-order chi connectivity index (χ1) is 42.2. The molecular formula is C61H47F16N3O8. The Hall–Kier alpha value is -8.40. The Kier molecular flexibility index (Phi) is 19.9. The van der Waals surface area contributed by atoms with Crippen molar-refractivity contribution < 1.29 is 110 Å². The summed E-state index contributed by atoms with van der Waals surface area (Å²) in [6.45, 7) is -4.03. The summed E-state index contributed by atoms with van der Waals surface area (Å²) < 4.78 is 285. The second kappa shape index (κ2) is 27.3. The highest BCUT2D eigenvalue weighted by atomic mass is 19.2. The average molecular weight is 1250 g/mol. The largest absolute Gasteiger partial charge is 0.487 e. The minimum Gasteiger partial charge on any atom is -0.487 e. The van der Waals surface area contributed by atoms with Crippen LogP contribution in [0.15, 0.2) is 81.1 Å². The number of aliphatic imine (C=N–C) groups is 2. The van der Waals surface area contributed by atoms with Crippen molar-refractivity contribution in [2.75, 3.05) is 52.9 Å². The van der Waals surface area contributed by atoms with Gasteiger partial charge in [0.1, 0.15) is 0 Å². The van der Waals surface area contributed by atoms with Crippen LogP contribution in [0, 0.1) is 93.1 Å². The molecule has 466 valence electrons. The Labute approximate surface area is 488 Å². The quantitative estimate of drug-likeness (QED) is 0.0232. The molecule has 27 heteroatoms. The molecule has 4 aromatic carbocycles. The summed E-state index contributed by atoms with van der Waals surface area (Å²) >= 11 is 0. The summed E-state index contributed by atoms with van der Waals surface area (Å²) in [5, 5.41) is 36.7. The number of nitrogens with one attached hydrogen (secondary N) is 1. The van der Waals surface area contributed by atoms with Crippen LogP contribution in [0.2, 0.25) is 0 Å². The number of unbranched alkanes of at least 4 members (excludes halogenated alkanes) is 4. The molecule has 0 saturated carbocycles. The molecule has 8 bridgehead atoms. The van der Waals surface area contributed by atoms with Crippen LogP contribution in [0.5, 0.6) is 23.0 Å². The van der Waals surface area contributed by atoms with E-state index in [9.17, 15) is 20.4 Å². The molecule has 88 heavy (non-hydrogen) atoms. The molecule has 9 rings (SSSR count). The van der Waals surface area contributed by atoms with Crippen LogP contribution >= 0.6 is 0 Å². The van der Waals surface area contributed by atoms with Crippen molar-refractivity contribution in [2.45, 2.75) is 57.8 Å². The third-order valence-corrected chi connectivity index (χ3v) is 14.1. The normalized spacial score (nSPS) is 14.6. The lowest BCUT2D eigenvalue weighted by Crippen LogP contribution is -2.13. The maximum atomic E-state index is 16.9. The molecule has 5 aromatic rings. The van der Waals surface area contributed by atoms with Crippen LogP contribution in [-0.4, -0.2) is 89.7 Å². The molecule has 0 spiro atoms. The van der Waals surface area contributed by atoms with Gasteiger partial charge >= 0.3 is 0 Å². The topological polar surface area (TPSA) is 158 Å². The fourth-order valence-electron chi connectivity index (χ4n) is 9.93. The molecule has 0 fully saturated rings. The van der Waals surface area contributed by atoms with E-state index in [1.165, 1.54) is 0 Å². The summed E-state index contributed by atoms with van der Waals surface area (Å²) in [6, 6.07) is 1.61. The van der Waals surface area contributed by atoms with Crippen LogP contribution in [0.4, 0.5) is 70.2 Å². The van der Waals surface area contributed by atoms with Gasteiger partial charge in [-0.1, -0.05) is 12.2 Å². The molecular weight excluding hydrogens is 1210 g/mol. The minimum atomic E-state index is -2.23. The highest BCUT2D eigenvalue weighted by molar-refractivity contribution is 6.34. The molecule has 0 unspecified atom stereocenters. The van der Waals surface area contributed by atoms with E-state index >= 15 is 70.2 Å². The fourth-order valence-corrected chi connectivity index (χ4v) is 9.93. The zero-order valence-corrected chi connectivity index (χ0v) is 45.5. The number of halogens is 16. The third kappa shape index (κ3) is 11.9. The number of aliphatic hydroxyl groups excluding tert-OH is 4. The number of aromatic amines is 1. The number of hydrogen-bond acceptors (Lipinski definition) is 10. The van der Waals surface area contributed by atoms with Crippen LogP contribution in [0.1, 0.15) is 91.4 Å². The molecule has 0 saturated heterocycles. The monoisotopic (exact) mass is 1250 g/mol. The highest BCUT2D eigenvalue weighted by Gasteiger charge is 2.39. The Morgan fingerprint density at radius 2 is 0.568 bits per heavy atom. The highest BCUT2D eigenvalue weighted by Crippen LogP contribution is 2.48. The fraction of sp³-hybridized carbons (Fsp3) is 0.279. The van der Waals surface area contributed by atoms with E-state index in [-0.39, 0.29) is 51.4 Å². The number of aliphatic hydroxyl groups is 4. The van der Waals surface area contributed by atoms with Gasteiger partial charge < -0.3 is 44.4 Å². The average Bonchev–Trinajstić information content (AvgIpc) is 2.86. The second-order valence-electron chi connectivity index (χ2n) is 19.7. The van der Waals surface area contributed by atoms with E-state index in [1.54, 1.807) is 0 Å². The number of hydrogen-bond donors (Lipinski definition) is 5. The summed E-state index contributed by atoms with van der Waals surface area (Å²) in [6.07, 6.45) is 3.76. The first-order valence-corrected chi connectivity index (χ1v) is 27.0. The van der Waals surface area contributed by atoms with Crippen molar-refractivity contribution in [1.82, 2.24) is 4.98 Å². The van der Waals surface area contributed by atoms with Gasteiger partial charge in [-0.2, -0.15) is 35.1 Å². The number of aromatic nitrogens is 1. The van der Waals surface area contributed by atoms with Crippen LogP contribution in [0.3, 0.4) is 0 Å². The first-order valence-electron chi connectivity index (χ1n) is 27.0. The molecule has 5 N–H and O–H groups in total. The number of fused-ring (bicyclic) bond motifs is 6. The number of benzene rings is 4. The lowest BCUT2D eigenvalue weighted by atomic mass is 9.90. The summed E-state index contributed by atoms with van der Waals surface area (Å²) in [7, 11) is 0. The van der Waals surface area contributed by atoms with Gasteiger partial charge in [0.05, 0.1) is 71.5 Å². The van der Waals surface area contributed by atoms with Gasteiger partial charge in [-0.25, -0.2) is 45.1 Å². The van der Waals surface area contributed by atoms with Crippen molar-refractivity contribution in [1.29, 1.82) is 0 Å². The van der Waals surface area contributed by atoms with Gasteiger partial charge in [0, 0.05) is 60.1 Å². The maximum Gasteiger partial charge on any atom is 0.204 e. The van der Waals surface area contributed by atoms with E-state index in [4.69, 9.17) is 18.9 Å². The van der Waals surface area contributed by atoms with Crippen molar-refractivity contribution in [3.8, 4) is 23.0 Å². The lowest BCUT2D eigenvalue weighted by molar-refractivity contribution is 0.237. The van der Waals surface area contributed by atoms with Crippen molar-refractivity contribution in [3.63, 3.8) is 0 Å². The van der Waals surface area contributed by atoms with Gasteiger partial charge in [-0.05, 0) is 105 Å².